The number of hydrogen-bond acceptors (Lipinski definition) is 5. The zero-order chi connectivity index (χ0) is 18.8. The molecule has 0 aliphatic heterocycles. The van der Waals surface area contributed by atoms with Gasteiger partial charge in [0.2, 0.25) is 5.91 Å². The van der Waals surface area contributed by atoms with Crippen LogP contribution in [0.4, 0.5) is 9.18 Å². The van der Waals surface area contributed by atoms with E-state index in [0.29, 0.717) is 16.5 Å². The van der Waals surface area contributed by atoms with Gasteiger partial charge in [-0.2, -0.15) is 0 Å². The molecule has 0 saturated heterocycles. The van der Waals surface area contributed by atoms with Gasteiger partial charge in [0.05, 0.1) is 10.8 Å². The maximum atomic E-state index is 14.2. The highest BCUT2D eigenvalue weighted by Crippen LogP contribution is 2.42. The highest BCUT2D eigenvalue weighted by molar-refractivity contribution is 8.00. The van der Waals surface area contributed by atoms with E-state index in [9.17, 15) is 14.0 Å². The maximum Gasteiger partial charge on any atom is 0.318 e. The molecular formula is C17H20FN5O2S. The number of halogens is 1. The molecule has 26 heavy (non-hydrogen) atoms. The summed E-state index contributed by atoms with van der Waals surface area (Å²) in [7, 11) is 0. The fourth-order valence-corrected chi connectivity index (χ4v) is 3.75. The highest BCUT2D eigenvalue weighted by Gasteiger charge is 2.34. The highest BCUT2D eigenvalue weighted by atomic mass is 32.2. The van der Waals surface area contributed by atoms with Crippen LogP contribution in [0.15, 0.2) is 29.4 Å². The molecule has 0 radical (unpaired) electrons. The molecule has 1 saturated carbocycles. The van der Waals surface area contributed by atoms with Crippen molar-refractivity contribution in [2.45, 2.75) is 43.1 Å². The molecule has 0 spiro atoms. The third-order valence-electron chi connectivity index (χ3n) is 4.03. The number of rotatable bonds is 6. The van der Waals surface area contributed by atoms with Gasteiger partial charge in [0.15, 0.2) is 11.0 Å². The van der Waals surface area contributed by atoms with Crippen LogP contribution in [0.2, 0.25) is 0 Å². The molecule has 138 valence electrons. The second-order valence-electron chi connectivity index (χ2n) is 6.52. The summed E-state index contributed by atoms with van der Waals surface area (Å²) in [6, 6.07) is 5.70. The lowest BCUT2D eigenvalue weighted by Crippen LogP contribution is -2.42. The predicted octanol–water partition coefficient (Wildman–Crippen LogP) is 2.73. The van der Waals surface area contributed by atoms with E-state index in [2.05, 4.69) is 15.5 Å². The molecule has 3 N–H and O–H groups in total. The summed E-state index contributed by atoms with van der Waals surface area (Å²) in [6.07, 6.45) is 1.90. The topological polar surface area (TPSA) is 103 Å². The Bertz CT molecular complexity index is 834. The van der Waals surface area contributed by atoms with Gasteiger partial charge < -0.3 is 5.73 Å². The van der Waals surface area contributed by atoms with Crippen LogP contribution < -0.4 is 11.1 Å². The molecular weight excluding hydrogens is 357 g/mol. The quantitative estimate of drug-likeness (QED) is 0.754. The largest absolute Gasteiger partial charge is 0.351 e. The zero-order valence-electron chi connectivity index (χ0n) is 14.5. The van der Waals surface area contributed by atoms with E-state index < -0.39 is 17.2 Å². The molecule has 1 atom stereocenters. The predicted molar refractivity (Wildman–Crippen MR) is 95.9 cm³/mol. The Hall–Kier alpha value is -2.42. The smallest absolute Gasteiger partial charge is 0.318 e. The lowest BCUT2D eigenvalue weighted by Gasteiger charge is -2.19. The van der Waals surface area contributed by atoms with E-state index >= 15 is 0 Å². The van der Waals surface area contributed by atoms with Crippen LogP contribution in [0.5, 0.6) is 0 Å². The van der Waals surface area contributed by atoms with Gasteiger partial charge in [-0.3, -0.25) is 14.7 Å². The van der Waals surface area contributed by atoms with Crippen molar-refractivity contribution in [1.82, 2.24) is 20.1 Å². The Balaban J connectivity index is 1.94. The lowest BCUT2D eigenvalue weighted by molar-refractivity contribution is -0.120. The van der Waals surface area contributed by atoms with Crippen molar-refractivity contribution >= 4 is 23.7 Å². The standard InChI is InChI=1S/C17H20FN5O2S/c1-9(2)13(15(24)20-16(19)25)26-17-22-21-14(23(17)10-7-8-10)11-5-3-4-6-12(11)18/h3-6,9-10,13H,7-8H2,1-2H3,(H3,19,20,24,25). The first-order valence-electron chi connectivity index (χ1n) is 8.35. The minimum Gasteiger partial charge on any atom is -0.351 e. The van der Waals surface area contributed by atoms with Crippen LogP contribution in [0.1, 0.15) is 32.7 Å². The molecule has 1 aliphatic rings. The van der Waals surface area contributed by atoms with Gasteiger partial charge in [0.25, 0.3) is 0 Å². The summed E-state index contributed by atoms with van der Waals surface area (Å²) in [6.45, 7) is 3.74. The summed E-state index contributed by atoms with van der Waals surface area (Å²) in [5.74, 6) is -0.466. The third-order valence-corrected chi connectivity index (χ3v) is 5.54. The summed E-state index contributed by atoms with van der Waals surface area (Å²) >= 11 is 1.21. The van der Waals surface area contributed by atoms with Crippen molar-refractivity contribution < 1.29 is 14.0 Å². The van der Waals surface area contributed by atoms with Crippen LogP contribution in [-0.4, -0.2) is 32.0 Å². The molecule has 1 heterocycles. The van der Waals surface area contributed by atoms with E-state index in [1.807, 2.05) is 18.4 Å². The molecule has 3 amide bonds. The average Bonchev–Trinajstić information content (AvgIpc) is 3.32. The monoisotopic (exact) mass is 377 g/mol. The van der Waals surface area contributed by atoms with Crippen LogP contribution in [0.25, 0.3) is 11.4 Å². The molecule has 1 aliphatic carbocycles. The van der Waals surface area contributed by atoms with Crippen molar-refractivity contribution in [3.8, 4) is 11.4 Å². The van der Waals surface area contributed by atoms with E-state index in [0.717, 1.165) is 12.8 Å². The van der Waals surface area contributed by atoms with Gasteiger partial charge in [-0.25, -0.2) is 9.18 Å². The molecule has 1 fully saturated rings. The number of urea groups is 1. The Morgan fingerprint density at radius 1 is 1.31 bits per heavy atom. The van der Waals surface area contributed by atoms with Crippen LogP contribution >= 0.6 is 11.8 Å². The maximum absolute atomic E-state index is 14.2. The number of amides is 3. The second kappa shape index (κ2) is 7.45. The molecule has 1 unspecified atom stereocenters. The van der Waals surface area contributed by atoms with Gasteiger partial charge in [-0.1, -0.05) is 37.7 Å². The molecule has 9 heteroatoms. The SMILES string of the molecule is CC(C)C(Sc1nnc(-c2ccccc2F)n1C1CC1)C(=O)NC(N)=O. The van der Waals surface area contributed by atoms with Crippen molar-refractivity contribution in [2.75, 3.05) is 0 Å². The second-order valence-corrected chi connectivity index (χ2v) is 7.63. The molecule has 2 aromatic rings. The molecule has 1 aromatic heterocycles. The fraction of sp³-hybridized carbons (Fsp3) is 0.412. The molecule has 1 aromatic carbocycles. The van der Waals surface area contributed by atoms with E-state index in [4.69, 9.17) is 5.73 Å². The number of aromatic nitrogens is 3. The first-order valence-corrected chi connectivity index (χ1v) is 9.23. The number of carbonyl (C=O) groups excluding carboxylic acids is 2. The summed E-state index contributed by atoms with van der Waals surface area (Å²) < 4.78 is 16.1. The minimum atomic E-state index is -0.892. The number of carbonyl (C=O) groups is 2. The van der Waals surface area contributed by atoms with E-state index in [1.54, 1.807) is 18.2 Å². The normalized spacial score (nSPS) is 15.1. The number of benzene rings is 1. The van der Waals surface area contributed by atoms with Crippen LogP contribution in [-0.2, 0) is 4.79 Å². The summed E-state index contributed by atoms with van der Waals surface area (Å²) in [5, 5.41) is 10.4. The van der Waals surface area contributed by atoms with Gasteiger partial charge >= 0.3 is 6.03 Å². The molecule has 3 rings (SSSR count). The van der Waals surface area contributed by atoms with Gasteiger partial charge in [-0.15, -0.1) is 10.2 Å². The Morgan fingerprint density at radius 3 is 2.58 bits per heavy atom. The zero-order valence-corrected chi connectivity index (χ0v) is 15.3. The number of nitrogens with zero attached hydrogens (tertiary/aromatic N) is 3. The Morgan fingerprint density at radius 2 is 2.00 bits per heavy atom. The number of primary amides is 1. The van der Waals surface area contributed by atoms with Crippen molar-refractivity contribution in [3.63, 3.8) is 0 Å². The van der Waals surface area contributed by atoms with E-state index in [1.165, 1.54) is 17.8 Å². The summed E-state index contributed by atoms with van der Waals surface area (Å²) in [4.78, 5) is 23.3. The number of nitrogens with one attached hydrogen (secondary N) is 1. The number of thioether (sulfide) groups is 1. The average molecular weight is 377 g/mol. The van der Waals surface area contributed by atoms with Gasteiger partial charge in [0.1, 0.15) is 5.82 Å². The van der Waals surface area contributed by atoms with Crippen LogP contribution in [0.3, 0.4) is 0 Å². The first kappa shape index (κ1) is 18.4. The number of nitrogens with two attached hydrogens (primary N) is 1. The Kier molecular flexibility index (Phi) is 5.26. The minimum absolute atomic E-state index is 0.0689. The van der Waals surface area contributed by atoms with Gasteiger partial charge in [0, 0.05) is 6.04 Å². The Labute approximate surface area is 154 Å². The van der Waals surface area contributed by atoms with Crippen molar-refractivity contribution in [1.29, 1.82) is 0 Å². The first-order chi connectivity index (χ1) is 12.4. The van der Waals surface area contributed by atoms with Crippen LogP contribution in [0, 0.1) is 11.7 Å². The fourth-order valence-electron chi connectivity index (χ4n) is 2.64. The molecule has 7 nitrogen and oxygen atoms in total. The van der Waals surface area contributed by atoms with Crippen molar-refractivity contribution in [3.05, 3.63) is 30.1 Å². The molecule has 0 bridgehead atoms. The number of hydrogen-bond donors (Lipinski definition) is 2. The van der Waals surface area contributed by atoms with E-state index in [-0.39, 0.29) is 17.8 Å². The number of imide groups is 1. The third kappa shape index (κ3) is 3.87. The van der Waals surface area contributed by atoms with Crippen molar-refractivity contribution in [2.24, 2.45) is 11.7 Å². The summed E-state index contributed by atoms with van der Waals surface area (Å²) in [5.41, 5.74) is 5.43. The van der Waals surface area contributed by atoms with Gasteiger partial charge in [-0.05, 0) is 30.9 Å². The lowest BCUT2D eigenvalue weighted by atomic mass is 10.1.